The predicted octanol–water partition coefficient (Wildman–Crippen LogP) is 3.05. The maximum atomic E-state index is 13.8. The molecule has 176 valence electrons. The van der Waals surface area contributed by atoms with Crippen molar-refractivity contribution in [1.29, 1.82) is 0 Å². The molecule has 2 aliphatic heterocycles. The van der Waals surface area contributed by atoms with Gasteiger partial charge in [-0.05, 0) is 43.2 Å². The van der Waals surface area contributed by atoms with Crippen molar-refractivity contribution >= 4 is 31.9 Å². The van der Waals surface area contributed by atoms with E-state index in [1.54, 1.807) is 6.33 Å². The van der Waals surface area contributed by atoms with Gasteiger partial charge >= 0.3 is 0 Å². The molecule has 2 saturated heterocycles. The molecule has 2 fully saturated rings. The lowest BCUT2D eigenvalue weighted by atomic mass is 9.96. The van der Waals surface area contributed by atoms with Crippen LogP contribution in [0.15, 0.2) is 30.6 Å². The highest BCUT2D eigenvalue weighted by molar-refractivity contribution is 7.39. The summed E-state index contributed by atoms with van der Waals surface area (Å²) in [5.74, 6) is 1.43. The minimum Gasteiger partial charge on any atom is -0.387 e. The van der Waals surface area contributed by atoms with Gasteiger partial charge in [-0.3, -0.25) is 9.69 Å². The van der Waals surface area contributed by atoms with Crippen molar-refractivity contribution in [3.63, 3.8) is 0 Å². The van der Waals surface area contributed by atoms with Crippen LogP contribution in [0.25, 0.3) is 0 Å². The number of aliphatic hydroxyl groups is 1. The van der Waals surface area contributed by atoms with Crippen LogP contribution in [0, 0.1) is 0 Å². The standard InChI is InChI=1S/C24H31ClN5O2P/c1-15-13-18(31)21-19(15)22(27-14-26-21)29-7-9-30(10-8-29)23(32)20(24-28(2)11-12-33-24)16-3-5-17(25)6-4-16/h3-6,14-15,18,20,24,31,33H,7-13H2,1-2H3/t15-,18+,20?,24+/m1/s1. The molecule has 3 aliphatic rings. The topological polar surface area (TPSA) is 72.8 Å². The number of halogens is 1. The predicted molar refractivity (Wildman–Crippen MR) is 133 cm³/mol. The number of carbonyl (C=O) groups is 1. The average molecular weight is 488 g/mol. The second-order valence-electron chi connectivity index (χ2n) is 9.37. The average Bonchev–Trinajstić information content (AvgIpc) is 3.37. The highest BCUT2D eigenvalue weighted by Gasteiger charge is 2.39. The van der Waals surface area contributed by atoms with E-state index in [0.29, 0.717) is 24.5 Å². The first-order chi connectivity index (χ1) is 15.9. The monoisotopic (exact) mass is 487 g/mol. The molecule has 1 aromatic heterocycles. The van der Waals surface area contributed by atoms with Crippen molar-refractivity contribution in [3.05, 3.63) is 52.4 Å². The summed E-state index contributed by atoms with van der Waals surface area (Å²) in [6.07, 6.45) is 2.89. The third-order valence-electron chi connectivity index (χ3n) is 7.27. The lowest BCUT2D eigenvalue weighted by molar-refractivity contribution is -0.133. The number of carbonyl (C=O) groups excluding carboxylic acids is 1. The van der Waals surface area contributed by atoms with Gasteiger partial charge in [0.1, 0.15) is 12.1 Å². The fourth-order valence-corrected chi connectivity index (χ4v) is 7.39. The van der Waals surface area contributed by atoms with Gasteiger partial charge < -0.3 is 14.9 Å². The van der Waals surface area contributed by atoms with Crippen LogP contribution >= 0.6 is 20.2 Å². The largest absolute Gasteiger partial charge is 0.387 e. The smallest absolute Gasteiger partial charge is 0.232 e. The molecule has 3 heterocycles. The zero-order valence-corrected chi connectivity index (χ0v) is 20.9. The van der Waals surface area contributed by atoms with E-state index in [9.17, 15) is 9.90 Å². The first-order valence-corrected chi connectivity index (χ1v) is 13.4. The van der Waals surface area contributed by atoms with Crippen molar-refractivity contribution in [3.8, 4) is 0 Å². The van der Waals surface area contributed by atoms with Crippen LogP contribution in [0.4, 0.5) is 5.82 Å². The Hall–Kier alpha value is -1.79. The Balaban J connectivity index is 1.34. The van der Waals surface area contributed by atoms with Crippen molar-refractivity contribution in [2.45, 2.75) is 37.1 Å². The Labute approximate surface area is 201 Å². The Kier molecular flexibility index (Phi) is 6.58. The SMILES string of the molecule is C[C@@H]1C[C@H](O)c2ncnc(N3CCN(C(=O)C(c4ccc(Cl)cc4)[C@@H]4PCCN4C)CC3)c21. The number of piperazine rings is 1. The first kappa shape index (κ1) is 23.0. The first-order valence-electron chi connectivity index (χ1n) is 11.7. The van der Waals surface area contributed by atoms with Gasteiger partial charge in [-0.1, -0.05) is 30.7 Å². The molecule has 7 nitrogen and oxygen atoms in total. The van der Waals surface area contributed by atoms with Gasteiger partial charge in [0.2, 0.25) is 5.91 Å². The summed E-state index contributed by atoms with van der Waals surface area (Å²) >= 11 is 6.13. The highest BCUT2D eigenvalue weighted by atomic mass is 35.5. The number of rotatable bonds is 4. The second-order valence-corrected chi connectivity index (χ2v) is 11.3. The molecule has 33 heavy (non-hydrogen) atoms. The molecule has 0 spiro atoms. The third kappa shape index (κ3) is 4.37. The molecule has 2 unspecified atom stereocenters. The fourth-order valence-electron chi connectivity index (χ4n) is 5.48. The molecular weight excluding hydrogens is 457 g/mol. The van der Waals surface area contributed by atoms with Gasteiger partial charge in [-0.2, -0.15) is 0 Å². The summed E-state index contributed by atoms with van der Waals surface area (Å²) in [6.45, 7) is 5.95. The molecule has 1 aliphatic carbocycles. The van der Waals surface area contributed by atoms with Gasteiger partial charge in [0.15, 0.2) is 0 Å². The maximum Gasteiger partial charge on any atom is 0.232 e. The third-order valence-corrected chi connectivity index (χ3v) is 9.23. The Bertz CT molecular complexity index is 1010. The van der Waals surface area contributed by atoms with E-state index in [-0.39, 0.29) is 23.5 Å². The number of fused-ring (bicyclic) bond motifs is 1. The van der Waals surface area contributed by atoms with E-state index in [0.717, 1.165) is 57.0 Å². The van der Waals surface area contributed by atoms with Crippen LogP contribution in [0.1, 0.15) is 48.1 Å². The lowest BCUT2D eigenvalue weighted by Gasteiger charge is -2.39. The van der Waals surface area contributed by atoms with Gasteiger partial charge in [-0.15, -0.1) is 8.58 Å². The van der Waals surface area contributed by atoms with Crippen LogP contribution in [0.3, 0.4) is 0 Å². The van der Waals surface area contributed by atoms with Crippen LogP contribution in [0.2, 0.25) is 5.02 Å². The van der Waals surface area contributed by atoms with E-state index in [4.69, 9.17) is 11.6 Å². The van der Waals surface area contributed by atoms with Crippen LogP contribution in [0.5, 0.6) is 0 Å². The summed E-state index contributed by atoms with van der Waals surface area (Å²) in [6, 6.07) is 7.79. The van der Waals surface area contributed by atoms with Gasteiger partial charge in [0.25, 0.3) is 0 Å². The van der Waals surface area contributed by atoms with E-state index in [2.05, 4.69) is 33.7 Å². The highest BCUT2D eigenvalue weighted by Crippen LogP contribution is 2.43. The number of hydrogen-bond acceptors (Lipinski definition) is 6. The van der Waals surface area contributed by atoms with Crippen LogP contribution in [-0.4, -0.2) is 82.5 Å². The second kappa shape index (κ2) is 9.46. The maximum absolute atomic E-state index is 13.8. The summed E-state index contributed by atoms with van der Waals surface area (Å²) in [4.78, 5) is 29.4. The number of likely N-dealkylation sites (N-methyl/N-ethyl adjacent to an activating group) is 1. The fraction of sp³-hybridized carbons (Fsp3) is 0.542. The van der Waals surface area contributed by atoms with E-state index in [1.165, 1.54) is 0 Å². The summed E-state index contributed by atoms with van der Waals surface area (Å²) in [5.41, 5.74) is 2.88. The molecule has 5 rings (SSSR count). The molecule has 0 bridgehead atoms. The summed E-state index contributed by atoms with van der Waals surface area (Å²) in [5, 5.41) is 11.0. The normalized spacial score (nSPS) is 27.2. The van der Waals surface area contributed by atoms with Crippen LogP contribution < -0.4 is 4.90 Å². The quantitative estimate of drug-likeness (QED) is 0.668. The van der Waals surface area contributed by atoms with E-state index in [1.807, 2.05) is 29.2 Å². The number of aromatic nitrogens is 2. The molecule has 0 saturated carbocycles. The van der Waals surface area contributed by atoms with Gasteiger partial charge in [0, 0.05) is 49.1 Å². The zero-order valence-electron chi connectivity index (χ0n) is 19.1. The molecule has 2 aromatic rings. The molecule has 9 heteroatoms. The number of nitrogens with zero attached hydrogens (tertiary/aromatic N) is 5. The van der Waals surface area contributed by atoms with Crippen molar-refractivity contribution < 1.29 is 9.90 Å². The van der Waals surface area contributed by atoms with E-state index < -0.39 is 6.10 Å². The lowest BCUT2D eigenvalue weighted by Crippen LogP contribution is -2.52. The van der Waals surface area contributed by atoms with Gasteiger partial charge in [-0.25, -0.2) is 9.97 Å². The van der Waals surface area contributed by atoms with Crippen molar-refractivity contribution in [1.82, 2.24) is 19.8 Å². The zero-order chi connectivity index (χ0) is 23.1. The molecule has 1 aromatic carbocycles. The number of aliphatic hydroxyl groups excluding tert-OH is 1. The van der Waals surface area contributed by atoms with Gasteiger partial charge in [0.05, 0.1) is 17.7 Å². The molecular formula is C24H31ClN5O2P. The molecule has 1 amide bonds. The number of hydrogen-bond donors (Lipinski definition) is 1. The number of anilines is 1. The Morgan fingerprint density at radius 1 is 1.15 bits per heavy atom. The number of amides is 1. The molecule has 1 N–H and O–H groups in total. The van der Waals surface area contributed by atoms with Crippen molar-refractivity contribution in [2.75, 3.05) is 50.8 Å². The number of benzene rings is 1. The van der Waals surface area contributed by atoms with E-state index >= 15 is 0 Å². The minimum absolute atomic E-state index is 0.168. The molecule has 0 radical (unpaired) electrons. The Morgan fingerprint density at radius 3 is 2.55 bits per heavy atom. The Morgan fingerprint density at radius 2 is 1.88 bits per heavy atom. The summed E-state index contributed by atoms with van der Waals surface area (Å²) in [7, 11) is 2.88. The molecule has 5 atom stereocenters. The summed E-state index contributed by atoms with van der Waals surface area (Å²) < 4.78 is 0. The minimum atomic E-state index is -0.510. The van der Waals surface area contributed by atoms with Crippen molar-refractivity contribution in [2.24, 2.45) is 0 Å². The van der Waals surface area contributed by atoms with Crippen LogP contribution in [-0.2, 0) is 4.79 Å².